The smallest absolute Gasteiger partial charge is 0.381 e. The van der Waals surface area contributed by atoms with E-state index in [9.17, 15) is 18.0 Å². The maximum atomic E-state index is 13.0. The fraction of sp³-hybridized carbons (Fsp3) is 0.409. The molecule has 2 aromatic heterocycles. The molecule has 170 valence electrons. The highest BCUT2D eigenvalue weighted by Crippen LogP contribution is 2.30. The largest absolute Gasteiger partial charge is 0.416 e. The topological polar surface area (TPSA) is 81.1 Å². The minimum absolute atomic E-state index is 0.0360. The number of hydrogen-bond acceptors (Lipinski definition) is 5. The van der Waals surface area contributed by atoms with Gasteiger partial charge in [0.15, 0.2) is 5.65 Å². The number of nitrogens with one attached hydrogen (secondary N) is 2. The number of nitrogens with zero attached hydrogens (tertiary/aromatic N) is 3. The second-order valence-corrected chi connectivity index (χ2v) is 7.66. The van der Waals surface area contributed by atoms with Crippen LogP contribution in [0.15, 0.2) is 36.7 Å². The highest BCUT2D eigenvalue weighted by Gasteiger charge is 2.30. The SMILES string of the molecule is CCn1ncc2c(NC3CCOCC3)c(C(=O)NCc3cccc(C(F)(F)F)c3)cnc21. The molecule has 10 heteroatoms. The fourth-order valence-corrected chi connectivity index (χ4v) is 3.77. The molecule has 4 rings (SSSR count). The second kappa shape index (κ2) is 9.15. The number of carbonyl (C=O) groups is 1. The zero-order chi connectivity index (χ0) is 22.7. The number of benzene rings is 1. The Morgan fingerprint density at radius 2 is 2.03 bits per heavy atom. The van der Waals surface area contributed by atoms with Gasteiger partial charge in [-0.15, -0.1) is 0 Å². The molecule has 0 aliphatic carbocycles. The summed E-state index contributed by atoms with van der Waals surface area (Å²) in [6.07, 6.45) is 0.333. The monoisotopic (exact) mass is 447 g/mol. The van der Waals surface area contributed by atoms with E-state index in [0.717, 1.165) is 30.4 Å². The molecule has 0 bridgehead atoms. The van der Waals surface area contributed by atoms with Crippen molar-refractivity contribution in [2.45, 2.75) is 45.1 Å². The minimum Gasteiger partial charge on any atom is -0.381 e. The van der Waals surface area contributed by atoms with Crippen molar-refractivity contribution in [3.63, 3.8) is 0 Å². The van der Waals surface area contributed by atoms with Gasteiger partial charge in [-0.25, -0.2) is 9.67 Å². The van der Waals surface area contributed by atoms with Crippen LogP contribution in [0.5, 0.6) is 0 Å². The summed E-state index contributed by atoms with van der Waals surface area (Å²) in [5.41, 5.74) is 1.23. The van der Waals surface area contributed by atoms with Gasteiger partial charge in [0.1, 0.15) is 0 Å². The molecule has 1 fully saturated rings. The highest BCUT2D eigenvalue weighted by atomic mass is 19.4. The number of halogens is 3. The molecule has 1 aliphatic heterocycles. The first-order valence-electron chi connectivity index (χ1n) is 10.5. The molecule has 7 nitrogen and oxygen atoms in total. The van der Waals surface area contributed by atoms with Crippen LogP contribution in [0, 0.1) is 0 Å². The van der Waals surface area contributed by atoms with Crippen molar-refractivity contribution in [3.05, 3.63) is 53.3 Å². The Balaban J connectivity index is 1.59. The van der Waals surface area contributed by atoms with Gasteiger partial charge >= 0.3 is 6.18 Å². The molecule has 3 aromatic rings. The molecule has 32 heavy (non-hydrogen) atoms. The standard InChI is InChI=1S/C22H24F3N5O2/c1-2-30-20-17(13-28-30)19(29-16-6-8-32-9-7-16)18(12-26-20)21(31)27-11-14-4-3-5-15(10-14)22(23,24)25/h3-5,10,12-13,16H,2,6-9,11H2,1H3,(H,26,29)(H,27,31). The molecule has 1 aliphatic rings. The van der Waals surface area contributed by atoms with E-state index in [-0.39, 0.29) is 12.6 Å². The third-order valence-electron chi connectivity index (χ3n) is 5.49. The predicted molar refractivity (Wildman–Crippen MR) is 113 cm³/mol. The number of fused-ring (bicyclic) bond motifs is 1. The molecule has 0 spiro atoms. The van der Waals surface area contributed by atoms with Crippen LogP contribution < -0.4 is 10.6 Å². The molecule has 0 radical (unpaired) electrons. The molecule has 0 atom stereocenters. The molecule has 0 unspecified atom stereocenters. The number of hydrogen-bond donors (Lipinski definition) is 2. The number of anilines is 1. The van der Waals surface area contributed by atoms with Crippen LogP contribution in [0.4, 0.5) is 18.9 Å². The number of amides is 1. The zero-order valence-electron chi connectivity index (χ0n) is 17.6. The first-order valence-corrected chi connectivity index (χ1v) is 10.5. The first-order chi connectivity index (χ1) is 15.4. The summed E-state index contributed by atoms with van der Waals surface area (Å²) in [6.45, 7) is 3.82. The number of pyridine rings is 1. The van der Waals surface area contributed by atoms with E-state index in [4.69, 9.17) is 4.74 Å². The summed E-state index contributed by atoms with van der Waals surface area (Å²) >= 11 is 0. The van der Waals surface area contributed by atoms with Crippen molar-refractivity contribution in [1.29, 1.82) is 0 Å². The molecule has 0 saturated carbocycles. The number of aromatic nitrogens is 3. The lowest BCUT2D eigenvalue weighted by molar-refractivity contribution is -0.137. The van der Waals surface area contributed by atoms with Gasteiger partial charge < -0.3 is 15.4 Å². The van der Waals surface area contributed by atoms with Crippen molar-refractivity contribution in [2.75, 3.05) is 18.5 Å². The van der Waals surface area contributed by atoms with E-state index in [0.29, 0.717) is 42.2 Å². The summed E-state index contributed by atoms with van der Waals surface area (Å²) in [5.74, 6) is -0.421. The molecule has 1 amide bonds. The van der Waals surface area contributed by atoms with Gasteiger partial charge in [0.25, 0.3) is 5.91 Å². The number of carbonyl (C=O) groups excluding carboxylic acids is 1. The summed E-state index contributed by atoms with van der Waals surface area (Å²) in [4.78, 5) is 17.4. The quantitative estimate of drug-likeness (QED) is 0.597. The summed E-state index contributed by atoms with van der Waals surface area (Å²) in [6, 6.07) is 5.05. The van der Waals surface area contributed by atoms with E-state index in [2.05, 4.69) is 20.7 Å². The van der Waals surface area contributed by atoms with Crippen molar-refractivity contribution in [1.82, 2.24) is 20.1 Å². The van der Waals surface area contributed by atoms with Crippen molar-refractivity contribution in [3.8, 4) is 0 Å². The van der Waals surface area contributed by atoms with Gasteiger partial charge in [-0.1, -0.05) is 12.1 Å². The maximum absolute atomic E-state index is 13.0. The Morgan fingerprint density at radius 3 is 2.75 bits per heavy atom. The lowest BCUT2D eigenvalue weighted by atomic mass is 10.1. The van der Waals surface area contributed by atoms with Gasteiger partial charge in [0.05, 0.1) is 28.4 Å². The van der Waals surface area contributed by atoms with Crippen LogP contribution in [0.2, 0.25) is 0 Å². The Hall–Kier alpha value is -3.14. The number of aryl methyl sites for hydroxylation is 1. The van der Waals surface area contributed by atoms with Crippen LogP contribution in [-0.4, -0.2) is 39.9 Å². The Labute approximate surface area is 183 Å². The average molecular weight is 447 g/mol. The van der Waals surface area contributed by atoms with Crippen LogP contribution in [0.3, 0.4) is 0 Å². The van der Waals surface area contributed by atoms with Crippen molar-refractivity contribution < 1.29 is 22.7 Å². The van der Waals surface area contributed by atoms with Gasteiger partial charge in [0.2, 0.25) is 0 Å². The third kappa shape index (κ3) is 4.69. The van der Waals surface area contributed by atoms with Crippen molar-refractivity contribution >= 4 is 22.6 Å². The predicted octanol–water partition coefficient (Wildman–Crippen LogP) is 3.99. The van der Waals surface area contributed by atoms with Gasteiger partial charge in [-0.2, -0.15) is 18.3 Å². The second-order valence-electron chi connectivity index (χ2n) is 7.66. The number of rotatable bonds is 6. The van der Waals surface area contributed by atoms with Gasteiger partial charge in [0, 0.05) is 38.5 Å². The lowest BCUT2D eigenvalue weighted by Gasteiger charge is -2.25. The summed E-state index contributed by atoms with van der Waals surface area (Å²) in [5, 5.41) is 11.2. The number of ether oxygens (including phenoxy) is 1. The Morgan fingerprint density at radius 1 is 1.25 bits per heavy atom. The van der Waals surface area contributed by atoms with Crippen LogP contribution in [0.25, 0.3) is 11.0 Å². The zero-order valence-corrected chi connectivity index (χ0v) is 17.6. The first kappa shape index (κ1) is 22.1. The maximum Gasteiger partial charge on any atom is 0.416 e. The molecular weight excluding hydrogens is 423 g/mol. The van der Waals surface area contributed by atoms with E-state index >= 15 is 0 Å². The average Bonchev–Trinajstić information content (AvgIpc) is 3.22. The molecule has 1 saturated heterocycles. The molecule has 2 N–H and O–H groups in total. The van der Waals surface area contributed by atoms with E-state index in [1.165, 1.54) is 12.3 Å². The molecule has 3 heterocycles. The van der Waals surface area contributed by atoms with E-state index in [1.54, 1.807) is 16.9 Å². The summed E-state index contributed by atoms with van der Waals surface area (Å²) in [7, 11) is 0. The van der Waals surface area contributed by atoms with Crippen LogP contribution in [0.1, 0.15) is 41.3 Å². The normalized spacial score (nSPS) is 15.1. The molecular formula is C22H24F3N5O2. The third-order valence-corrected chi connectivity index (χ3v) is 5.49. The van der Waals surface area contributed by atoms with E-state index in [1.807, 2.05) is 6.92 Å². The van der Waals surface area contributed by atoms with Crippen LogP contribution >= 0.6 is 0 Å². The van der Waals surface area contributed by atoms with Crippen molar-refractivity contribution in [2.24, 2.45) is 0 Å². The fourth-order valence-electron chi connectivity index (χ4n) is 3.77. The van der Waals surface area contributed by atoms with E-state index < -0.39 is 17.6 Å². The van der Waals surface area contributed by atoms with Crippen LogP contribution in [-0.2, 0) is 24.0 Å². The van der Waals surface area contributed by atoms with Gasteiger partial charge in [-0.3, -0.25) is 4.79 Å². The summed E-state index contributed by atoms with van der Waals surface area (Å²) < 4.78 is 46.1. The Bertz CT molecular complexity index is 1110. The number of alkyl halides is 3. The Kier molecular flexibility index (Phi) is 6.31. The minimum atomic E-state index is -4.44. The lowest BCUT2D eigenvalue weighted by Crippen LogP contribution is -2.30. The molecule has 1 aromatic carbocycles. The highest BCUT2D eigenvalue weighted by molar-refractivity contribution is 6.06. The van der Waals surface area contributed by atoms with Gasteiger partial charge in [-0.05, 0) is 37.5 Å².